The maximum absolute atomic E-state index is 6.04. The van der Waals surface area contributed by atoms with Crippen LogP contribution < -0.4 is 0 Å². The van der Waals surface area contributed by atoms with Crippen molar-refractivity contribution in [2.45, 2.75) is 32.6 Å². The van der Waals surface area contributed by atoms with Gasteiger partial charge in [0.2, 0.25) is 0 Å². The first-order chi connectivity index (χ1) is 6.70. The highest BCUT2D eigenvalue weighted by molar-refractivity contribution is 14.1. The Kier molecular flexibility index (Phi) is 3.27. The number of hydrogen-bond donors (Lipinski definition) is 0. The molecule has 1 aliphatic rings. The fraction of sp³-hybridized carbons (Fsp3) is 0.600. The molecule has 0 N–H and O–H groups in total. The Morgan fingerprint density at radius 2 is 2.14 bits per heavy atom. The summed E-state index contributed by atoms with van der Waals surface area (Å²) in [4.78, 5) is 8.84. The van der Waals surface area contributed by atoms with Crippen molar-refractivity contribution in [3.63, 3.8) is 0 Å². The van der Waals surface area contributed by atoms with E-state index >= 15 is 0 Å². The van der Waals surface area contributed by atoms with Crippen LogP contribution in [0.15, 0.2) is 0 Å². The third-order valence-corrected chi connectivity index (χ3v) is 4.15. The summed E-state index contributed by atoms with van der Waals surface area (Å²) >= 11 is 8.26. The van der Waals surface area contributed by atoms with Crippen LogP contribution >= 0.6 is 34.2 Å². The molecule has 0 spiro atoms. The maximum atomic E-state index is 6.04. The van der Waals surface area contributed by atoms with E-state index in [-0.39, 0.29) is 0 Å². The summed E-state index contributed by atoms with van der Waals surface area (Å²) in [6.07, 6.45) is 4.59. The lowest BCUT2D eigenvalue weighted by molar-refractivity contribution is 0.755. The molecule has 1 fully saturated rings. The van der Waals surface area contributed by atoms with Crippen molar-refractivity contribution in [1.29, 1.82) is 0 Å². The fourth-order valence-corrected chi connectivity index (χ4v) is 2.25. The summed E-state index contributed by atoms with van der Waals surface area (Å²) in [5.74, 6) is 1.74. The van der Waals surface area contributed by atoms with Crippen LogP contribution in [0.3, 0.4) is 0 Å². The van der Waals surface area contributed by atoms with E-state index in [1.165, 1.54) is 12.8 Å². The Hall–Kier alpha value is 0.100. The zero-order chi connectivity index (χ0) is 10.1. The summed E-state index contributed by atoms with van der Waals surface area (Å²) in [6.45, 7) is 2.10. The van der Waals surface area contributed by atoms with Crippen LogP contribution in [0.4, 0.5) is 0 Å². The second-order valence-corrected chi connectivity index (χ2v) is 5.13. The second kappa shape index (κ2) is 4.31. The monoisotopic (exact) mass is 322 g/mol. The number of rotatable bonds is 3. The van der Waals surface area contributed by atoms with E-state index in [0.717, 1.165) is 33.8 Å². The smallest absolute Gasteiger partial charge is 0.146 e. The van der Waals surface area contributed by atoms with Crippen LogP contribution in [0.1, 0.15) is 31.3 Å². The largest absolute Gasteiger partial charge is 0.237 e. The number of hydrogen-bond acceptors (Lipinski definition) is 2. The van der Waals surface area contributed by atoms with E-state index in [4.69, 9.17) is 11.6 Å². The first-order valence-corrected chi connectivity index (χ1v) is 6.37. The van der Waals surface area contributed by atoms with Gasteiger partial charge < -0.3 is 0 Å². The summed E-state index contributed by atoms with van der Waals surface area (Å²) in [7, 11) is 0. The molecule has 0 aliphatic heterocycles. The third kappa shape index (κ3) is 2.37. The fourth-order valence-electron chi connectivity index (χ4n) is 1.42. The highest BCUT2D eigenvalue weighted by Gasteiger charge is 2.23. The van der Waals surface area contributed by atoms with Crippen molar-refractivity contribution < 1.29 is 0 Å². The predicted molar refractivity (Wildman–Crippen MR) is 65.6 cm³/mol. The van der Waals surface area contributed by atoms with Gasteiger partial charge in [0.1, 0.15) is 11.0 Å². The van der Waals surface area contributed by atoms with Crippen molar-refractivity contribution in [3.8, 4) is 0 Å². The van der Waals surface area contributed by atoms with E-state index in [2.05, 4.69) is 39.5 Å². The average Bonchev–Trinajstić information content (AvgIpc) is 2.95. The molecule has 0 aromatic carbocycles. The van der Waals surface area contributed by atoms with Gasteiger partial charge in [0.25, 0.3) is 0 Å². The van der Waals surface area contributed by atoms with Gasteiger partial charge in [0.15, 0.2) is 0 Å². The number of halogens is 2. The van der Waals surface area contributed by atoms with Crippen molar-refractivity contribution in [2.24, 2.45) is 5.92 Å². The lowest BCUT2D eigenvalue weighted by Crippen LogP contribution is -2.03. The van der Waals surface area contributed by atoms with Crippen LogP contribution in [-0.4, -0.2) is 9.97 Å². The minimum atomic E-state index is 0.619. The highest BCUT2D eigenvalue weighted by atomic mass is 127. The summed E-state index contributed by atoms with van der Waals surface area (Å²) < 4.78 is 1.01. The Balaban J connectivity index is 2.27. The van der Waals surface area contributed by atoms with E-state index in [9.17, 15) is 0 Å². The lowest BCUT2D eigenvalue weighted by Gasteiger charge is -2.05. The molecule has 2 rings (SSSR count). The normalized spacial score (nSPS) is 15.9. The molecule has 0 unspecified atom stereocenters. The minimum Gasteiger partial charge on any atom is -0.237 e. The van der Waals surface area contributed by atoms with Crippen LogP contribution in [0.2, 0.25) is 5.15 Å². The third-order valence-electron chi connectivity index (χ3n) is 2.43. The van der Waals surface area contributed by atoms with E-state index < -0.39 is 0 Å². The molecule has 0 radical (unpaired) electrons. The van der Waals surface area contributed by atoms with Gasteiger partial charge in [-0.2, -0.15) is 0 Å². The van der Waals surface area contributed by atoms with Crippen LogP contribution in [0.5, 0.6) is 0 Å². The second-order valence-electron chi connectivity index (χ2n) is 3.69. The van der Waals surface area contributed by atoms with Crippen LogP contribution in [0.25, 0.3) is 0 Å². The molecular formula is C10H12ClIN2. The summed E-state index contributed by atoms with van der Waals surface area (Å²) in [5, 5.41) is 0.619. The van der Waals surface area contributed by atoms with E-state index in [1.807, 2.05) is 0 Å². The van der Waals surface area contributed by atoms with E-state index in [0.29, 0.717) is 5.15 Å². The predicted octanol–water partition coefficient (Wildman–Crippen LogP) is 3.25. The van der Waals surface area contributed by atoms with Gasteiger partial charge in [-0.25, -0.2) is 9.97 Å². The van der Waals surface area contributed by atoms with Crippen molar-refractivity contribution in [1.82, 2.24) is 9.97 Å². The number of aryl methyl sites for hydroxylation is 1. The van der Waals surface area contributed by atoms with Gasteiger partial charge in [-0.1, -0.05) is 18.5 Å². The lowest BCUT2D eigenvalue weighted by atomic mass is 10.2. The highest BCUT2D eigenvalue weighted by Crippen LogP contribution is 2.32. The first kappa shape index (κ1) is 10.6. The number of aromatic nitrogens is 2. The van der Waals surface area contributed by atoms with Crippen molar-refractivity contribution in [3.05, 3.63) is 20.2 Å². The van der Waals surface area contributed by atoms with Gasteiger partial charge in [0.05, 0.1) is 9.26 Å². The molecule has 4 heteroatoms. The number of nitrogens with zero attached hydrogens (tertiary/aromatic N) is 2. The van der Waals surface area contributed by atoms with E-state index in [1.54, 1.807) is 0 Å². The molecule has 0 atom stereocenters. The molecule has 1 saturated carbocycles. The van der Waals surface area contributed by atoms with Crippen molar-refractivity contribution in [2.75, 3.05) is 0 Å². The quantitative estimate of drug-likeness (QED) is 0.630. The zero-order valence-electron chi connectivity index (χ0n) is 8.06. The molecule has 0 amide bonds. The Labute approximate surface area is 103 Å². The van der Waals surface area contributed by atoms with Gasteiger partial charge in [0, 0.05) is 6.42 Å². The molecule has 76 valence electrons. The topological polar surface area (TPSA) is 25.8 Å². The standard InChI is InChI=1S/C10H12ClIN2/c1-2-7-9(12)10(11)14-8(13-7)5-6-3-4-6/h6H,2-5H2,1H3. The molecule has 1 heterocycles. The molecule has 0 saturated heterocycles. The minimum absolute atomic E-state index is 0.619. The van der Waals surface area contributed by atoms with Crippen LogP contribution in [-0.2, 0) is 12.8 Å². The maximum Gasteiger partial charge on any atom is 0.146 e. The first-order valence-electron chi connectivity index (χ1n) is 4.91. The molecule has 14 heavy (non-hydrogen) atoms. The van der Waals surface area contributed by atoms with Crippen LogP contribution in [0, 0.1) is 9.49 Å². The Morgan fingerprint density at radius 1 is 1.43 bits per heavy atom. The summed E-state index contributed by atoms with van der Waals surface area (Å²) in [5.41, 5.74) is 1.08. The van der Waals surface area contributed by atoms with Gasteiger partial charge in [-0.3, -0.25) is 0 Å². The zero-order valence-corrected chi connectivity index (χ0v) is 11.0. The average molecular weight is 323 g/mol. The SMILES string of the molecule is CCc1nc(CC2CC2)nc(Cl)c1I. The van der Waals surface area contributed by atoms with Crippen molar-refractivity contribution >= 4 is 34.2 Å². The van der Waals surface area contributed by atoms with Gasteiger partial charge in [-0.15, -0.1) is 0 Å². The molecular weight excluding hydrogens is 310 g/mol. The van der Waals surface area contributed by atoms with Gasteiger partial charge >= 0.3 is 0 Å². The Morgan fingerprint density at radius 3 is 2.71 bits per heavy atom. The molecule has 1 aliphatic carbocycles. The molecule has 0 bridgehead atoms. The molecule has 2 nitrogen and oxygen atoms in total. The molecule has 1 aromatic rings. The Bertz CT molecular complexity index is 350. The summed E-state index contributed by atoms with van der Waals surface area (Å²) in [6, 6.07) is 0. The molecule has 1 aromatic heterocycles. The van der Waals surface area contributed by atoms with Gasteiger partial charge in [-0.05, 0) is 47.8 Å².